The van der Waals surface area contributed by atoms with Gasteiger partial charge in [-0.1, -0.05) is 6.07 Å². The number of piperidine rings is 1. The largest absolute Gasteiger partial charge is 0.366 e. The molecule has 0 unspecified atom stereocenters. The van der Waals surface area contributed by atoms with E-state index in [4.69, 9.17) is 0 Å². The van der Waals surface area contributed by atoms with Gasteiger partial charge in [-0.15, -0.1) is 0 Å². The first-order valence-electron chi connectivity index (χ1n) is 7.58. The number of benzene rings is 1. The molecule has 1 fully saturated rings. The average Bonchev–Trinajstić information content (AvgIpc) is 3.08. The first-order valence-corrected chi connectivity index (χ1v) is 9.47. The summed E-state index contributed by atoms with van der Waals surface area (Å²) in [6.45, 7) is 1.24. The van der Waals surface area contributed by atoms with Gasteiger partial charge in [0.15, 0.2) is 9.84 Å². The Morgan fingerprint density at radius 2 is 2.00 bits per heavy atom. The number of imidazole rings is 1. The van der Waals surface area contributed by atoms with E-state index >= 15 is 0 Å². The van der Waals surface area contributed by atoms with Gasteiger partial charge in [-0.25, -0.2) is 13.4 Å². The van der Waals surface area contributed by atoms with E-state index in [9.17, 15) is 18.5 Å². The Balaban J connectivity index is 1.89. The minimum absolute atomic E-state index is 0.235. The molecule has 2 heterocycles. The third-order valence-electron chi connectivity index (χ3n) is 4.31. The number of nitrogens with zero attached hydrogens (tertiary/aromatic N) is 4. The van der Waals surface area contributed by atoms with Crippen LogP contribution in [0.25, 0.3) is 0 Å². The molecule has 1 aromatic heterocycles. The van der Waals surface area contributed by atoms with Crippen molar-refractivity contribution >= 4 is 21.2 Å². The molecule has 2 aromatic rings. The van der Waals surface area contributed by atoms with Crippen LogP contribution in [0.15, 0.2) is 41.8 Å². The number of anilines is 1. The molecule has 0 aliphatic carbocycles. The summed E-state index contributed by atoms with van der Waals surface area (Å²) in [5, 5.41) is 11.5. The van der Waals surface area contributed by atoms with E-state index in [0.29, 0.717) is 24.8 Å². The minimum atomic E-state index is -3.67. The minimum Gasteiger partial charge on any atom is -0.366 e. The number of para-hydroxylation sites is 1. The number of aromatic nitrogens is 2. The van der Waals surface area contributed by atoms with E-state index in [1.807, 2.05) is 15.7 Å². The fourth-order valence-corrected chi connectivity index (χ4v) is 4.00. The summed E-state index contributed by atoms with van der Waals surface area (Å²) in [6.07, 6.45) is 8.03. The van der Waals surface area contributed by atoms with Gasteiger partial charge in [0.2, 0.25) is 0 Å². The van der Waals surface area contributed by atoms with Crippen LogP contribution in [0.2, 0.25) is 0 Å². The number of hydrogen-bond donors (Lipinski definition) is 0. The Kier molecular flexibility index (Phi) is 4.27. The van der Waals surface area contributed by atoms with Gasteiger partial charge in [-0.05, 0) is 25.0 Å². The predicted octanol–water partition coefficient (Wildman–Crippen LogP) is 2.04. The first-order chi connectivity index (χ1) is 11.4. The number of sulfone groups is 1. The zero-order valence-corrected chi connectivity index (χ0v) is 14.0. The monoisotopic (exact) mass is 350 g/mol. The fourth-order valence-electron chi connectivity index (χ4n) is 3.14. The van der Waals surface area contributed by atoms with Crippen LogP contribution in [-0.2, 0) is 9.84 Å². The van der Waals surface area contributed by atoms with Crippen LogP contribution < -0.4 is 4.90 Å². The lowest BCUT2D eigenvalue weighted by molar-refractivity contribution is -0.387. The van der Waals surface area contributed by atoms with Gasteiger partial charge in [-0.3, -0.25) is 10.1 Å². The van der Waals surface area contributed by atoms with E-state index in [1.54, 1.807) is 24.7 Å². The molecule has 8 nitrogen and oxygen atoms in total. The summed E-state index contributed by atoms with van der Waals surface area (Å²) in [5.41, 5.74) is 0.0353. The van der Waals surface area contributed by atoms with Crippen molar-refractivity contribution in [3.8, 4) is 0 Å². The fraction of sp³-hybridized carbons (Fsp3) is 0.400. The maximum absolute atomic E-state index is 11.9. The molecule has 128 valence electrons. The lowest BCUT2D eigenvalue weighted by atomic mass is 10.0. The molecule has 0 N–H and O–H groups in total. The lowest BCUT2D eigenvalue weighted by Crippen LogP contribution is -2.35. The maximum Gasteiger partial charge on any atom is 0.311 e. The summed E-state index contributed by atoms with van der Waals surface area (Å²) in [7, 11) is -3.67. The van der Waals surface area contributed by atoms with E-state index in [0.717, 1.165) is 19.1 Å². The Morgan fingerprint density at radius 1 is 1.29 bits per heavy atom. The normalized spacial score (nSPS) is 16.3. The SMILES string of the molecule is CS(=O)(=O)c1cccc(N2CCC(n3ccnc3)CC2)c1[N+](=O)[O-]. The Hall–Kier alpha value is -2.42. The van der Waals surface area contributed by atoms with Crippen LogP contribution in [0.3, 0.4) is 0 Å². The van der Waals surface area contributed by atoms with Crippen molar-refractivity contribution in [2.24, 2.45) is 0 Å². The number of rotatable bonds is 4. The molecule has 0 atom stereocenters. The Bertz CT molecular complexity index is 840. The zero-order valence-electron chi connectivity index (χ0n) is 13.2. The van der Waals surface area contributed by atoms with Crippen LogP contribution >= 0.6 is 0 Å². The molecule has 3 rings (SSSR count). The van der Waals surface area contributed by atoms with Crippen molar-refractivity contribution in [1.82, 2.24) is 9.55 Å². The first kappa shape index (κ1) is 16.4. The third kappa shape index (κ3) is 3.12. The second kappa shape index (κ2) is 6.23. The summed E-state index contributed by atoms with van der Waals surface area (Å²) in [6, 6.07) is 4.76. The lowest BCUT2D eigenvalue weighted by Gasteiger charge is -2.33. The molecular weight excluding hydrogens is 332 g/mol. The second-order valence-electron chi connectivity index (χ2n) is 5.88. The third-order valence-corrected chi connectivity index (χ3v) is 5.44. The van der Waals surface area contributed by atoms with Crippen LogP contribution in [0.4, 0.5) is 11.4 Å². The Morgan fingerprint density at radius 3 is 2.54 bits per heavy atom. The van der Waals surface area contributed by atoms with Crippen LogP contribution in [0, 0.1) is 10.1 Å². The van der Waals surface area contributed by atoms with E-state index in [2.05, 4.69) is 4.98 Å². The van der Waals surface area contributed by atoms with Crippen LogP contribution in [0.1, 0.15) is 18.9 Å². The van der Waals surface area contributed by atoms with Crippen molar-refractivity contribution in [3.63, 3.8) is 0 Å². The van der Waals surface area contributed by atoms with Crippen molar-refractivity contribution in [2.45, 2.75) is 23.8 Å². The Labute approximate surface area is 139 Å². The van der Waals surface area contributed by atoms with Crippen molar-refractivity contribution in [3.05, 3.63) is 47.0 Å². The number of nitro groups is 1. The van der Waals surface area contributed by atoms with Gasteiger partial charge >= 0.3 is 5.69 Å². The topological polar surface area (TPSA) is 98.3 Å². The van der Waals surface area contributed by atoms with E-state index < -0.39 is 14.8 Å². The average molecular weight is 350 g/mol. The number of hydrogen-bond acceptors (Lipinski definition) is 6. The molecule has 1 aromatic carbocycles. The van der Waals surface area contributed by atoms with Gasteiger partial charge < -0.3 is 9.47 Å². The van der Waals surface area contributed by atoms with Crippen LogP contribution in [-0.4, -0.2) is 42.2 Å². The molecule has 1 aliphatic rings. The van der Waals surface area contributed by atoms with Gasteiger partial charge in [0.25, 0.3) is 0 Å². The summed E-state index contributed by atoms with van der Waals surface area (Å²) >= 11 is 0. The summed E-state index contributed by atoms with van der Waals surface area (Å²) in [4.78, 5) is 16.6. The standard InChI is InChI=1S/C15H18N4O4S/c1-24(22,23)14-4-2-3-13(15(14)19(20)21)17-8-5-12(6-9-17)18-10-7-16-11-18/h2-4,7,10-12H,5-6,8-9H2,1H3. The highest BCUT2D eigenvalue weighted by molar-refractivity contribution is 7.90. The molecule has 0 spiro atoms. The van der Waals surface area contributed by atoms with Crippen molar-refractivity contribution in [2.75, 3.05) is 24.2 Å². The second-order valence-corrected chi connectivity index (χ2v) is 7.87. The molecule has 0 saturated carbocycles. The molecular formula is C15H18N4O4S. The molecule has 9 heteroatoms. The van der Waals surface area contributed by atoms with Crippen LogP contribution in [0.5, 0.6) is 0 Å². The molecule has 0 bridgehead atoms. The molecule has 1 saturated heterocycles. The smallest absolute Gasteiger partial charge is 0.311 e. The molecule has 1 aliphatic heterocycles. The molecule has 0 amide bonds. The van der Waals surface area contributed by atoms with Gasteiger partial charge in [0, 0.05) is 37.8 Å². The van der Waals surface area contributed by atoms with Gasteiger partial charge in [-0.2, -0.15) is 0 Å². The van der Waals surface area contributed by atoms with Crippen molar-refractivity contribution < 1.29 is 13.3 Å². The summed E-state index contributed by atoms with van der Waals surface area (Å²) < 4.78 is 25.8. The van der Waals surface area contributed by atoms with Crippen molar-refractivity contribution in [1.29, 1.82) is 0 Å². The highest BCUT2D eigenvalue weighted by Gasteiger charge is 2.30. The quantitative estimate of drug-likeness (QED) is 0.618. The van der Waals surface area contributed by atoms with E-state index in [1.165, 1.54) is 6.07 Å². The molecule has 24 heavy (non-hydrogen) atoms. The number of nitro benzene ring substituents is 1. The highest BCUT2D eigenvalue weighted by atomic mass is 32.2. The van der Waals surface area contributed by atoms with Gasteiger partial charge in [0.05, 0.1) is 11.3 Å². The summed E-state index contributed by atoms with van der Waals surface area (Å²) in [5.74, 6) is 0. The van der Waals surface area contributed by atoms with E-state index in [-0.39, 0.29) is 10.6 Å². The molecule has 0 radical (unpaired) electrons. The van der Waals surface area contributed by atoms with Gasteiger partial charge in [0.1, 0.15) is 10.6 Å². The maximum atomic E-state index is 11.9. The zero-order chi connectivity index (χ0) is 17.3. The highest BCUT2D eigenvalue weighted by Crippen LogP contribution is 2.37. The predicted molar refractivity (Wildman–Crippen MR) is 88.9 cm³/mol.